The Hall–Kier alpha value is -0.850. The van der Waals surface area contributed by atoms with Crippen molar-refractivity contribution in [1.82, 2.24) is 10.2 Å². The summed E-state index contributed by atoms with van der Waals surface area (Å²) in [6.45, 7) is 8.69. The number of rotatable bonds is 2. The number of nitrogens with one attached hydrogen (secondary N) is 1. The third-order valence-corrected chi connectivity index (χ3v) is 3.97. The maximum atomic E-state index is 14.5. The average molecular weight is 355 g/mol. The summed E-state index contributed by atoms with van der Waals surface area (Å²) in [5.74, 6) is -1.14. The third-order valence-electron chi connectivity index (χ3n) is 3.97. The molecule has 1 N–H and O–H groups in total. The lowest BCUT2D eigenvalue weighted by molar-refractivity contribution is -0.140. The van der Waals surface area contributed by atoms with Gasteiger partial charge in [-0.15, -0.1) is 12.4 Å². The summed E-state index contributed by atoms with van der Waals surface area (Å²) in [6.07, 6.45) is -4.67. The smallest absolute Gasteiger partial charge is 0.314 e. The first-order valence-electron chi connectivity index (χ1n) is 7.43. The standard InChI is InChI=1S/C16H22F4N2.ClH/c1-15(2,3)14(22-9-7-21-8-10-22)11-5-4-6-12(13(11)17)16(18,19)20;/h4-6,14,21H,7-10H2,1-3H3;1H/t14-;/m1./s1. The molecule has 0 bridgehead atoms. The summed E-state index contributed by atoms with van der Waals surface area (Å²) < 4.78 is 53.4. The maximum absolute atomic E-state index is 14.5. The van der Waals surface area contributed by atoms with Crippen LogP contribution >= 0.6 is 12.4 Å². The van der Waals surface area contributed by atoms with Crippen molar-refractivity contribution < 1.29 is 17.6 Å². The number of hydrogen-bond acceptors (Lipinski definition) is 2. The Balaban J connectivity index is 0.00000264. The zero-order chi connectivity index (χ0) is 16.5. The van der Waals surface area contributed by atoms with Crippen molar-refractivity contribution in [3.05, 3.63) is 35.1 Å². The van der Waals surface area contributed by atoms with E-state index in [0.717, 1.165) is 19.2 Å². The molecule has 1 aliphatic heterocycles. The molecule has 0 unspecified atom stereocenters. The van der Waals surface area contributed by atoms with Gasteiger partial charge in [0.15, 0.2) is 0 Å². The summed E-state index contributed by atoms with van der Waals surface area (Å²) >= 11 is 0. The predicted octanol–water partition coefficient (Wildman–Crippen LogP) is 4.26. The fourth-order valence-corrected chi connectivity index (χ4v) is 3.13. The number of halogens is 5. The minimum Gasteiger partial charge on any atom is -0.314 e. The van der Waals surface area contributed by atoms with Gasteiger partial charge in [0, 0.05) is 37.8 Å². The number of benzene rings is 1. The molecular formula is C16H23ClF4N2. The monoisotopic (exact) mass is 354 g/mol. The minimum absolute atomic E-state index is 0. The van der Waals surface area contributed by atoms with Crippen molar-refractivity contribution in [2.75, 3.05) is 26.2 Å². The molecule has 1 aliphatic rings. The summed E-state index contributed by atoms with van der Waals surface area (Å²) in [4.78, 5) is 2.06. The van der Waals surface area contributed by atoms with E-state index in [9.17, 15) is 17.6 Å². The van der Waals surface area contributed by atoms with Gasteiger partial charge >= 0.3 is 6.18 Å². The lowest BCUT2D eigenvalue weighted by atomic mass is 9.80. The van der Waals surface area contributed by atoms with Gasteiger partial charge in [0.05, 0.1) is 5.56 Å². The van der Waals surface area contributed by atoms with Crippen LogP contribution in [0.4, 0.5) is 17.6 Å². The Bertz CT molecular complexity index is 520. The maximum Gasteiger partial charge on any atom is 0.419 e. The largest absolute Gasteiger partial charge is 0.419 e. The van der Waals surface area contributed by atoms with E-state index >= 15 is 0 Å². The van der Waals surface area contributed by atoms with Crippen molar-refractivity contribution >= 4 is 12.4 Å². The molecule has 1 aromatic rings. The first-order chi connectivity index (χ1) is 10.1. The molecule has 1 aromatic carbocycles. The second-order valence-electron chi connectivity index (χ2n) is 6.76. The van der Waals surface area contributed by atoms with Gasteiger partial charge in [-0.25, -0.2) is 4.39 Å². The van der Waals surface area contributed by atoms with E-state index in [0.29, 0.717) is 13.1 Å². The summed E-state index contributed by atoms with van der Waals surface area (Å²) in [7, 11) is 0. The molecule has 0 aromatic heterocycles. The molecule has 0 amide bonds. The minimum atomic E-state index is -4.67. The van der Waals surface area contributed by atoms with Gasteiger partial charge in [-0.1, -0.05) is 32.9 Å². The molecule has 1 fully saturated rings. The molecule has 0 aliphatic carbocycles. The zero-order valence-corrected chi connectivity index (χ0v) is 14.3. The fraction of sp³-hybridized carbons (Fsp3) is 0.625. The van der Waals surface area contributed by atoms with Crippen LogP contribution in [-0.4, -0.2) is 31.1 Å². The summed E-state index contributed by atoms with van der Waals surface area (Å²) in [5.41, 5.74) is -1.43. The fourth-order valence-electron chi connectivity index (χ4n) is 3.13. The van der Waals surface area contributed by atoms with Crippen LogP contribution in [0.15, 0.2) is 18.2 Å². The molecule has 1 atom stereocenters. The predicted molar refractivity (Wildman–Crippen MR) is 85.3 cm³/mol. The SMILES string of the molecule is CC(C)(C)[C@@H](c1cccc(C(F)(F)F)c1F)N1CCNCC1.Cl. The lowest BCUT2D eigenvalue weighted by Crippen LogP contribution is -2.48. The van der Waals surface area contributed by atoms with E-state index in [2.05, 4.69) is 10.2 Å². The van der Waals surface area contributed by atoms with Crippen molar-refractivity contribution in [1.29, 1.82) is 0 Å². The molecule has 0 spiro atoms. The molecule has 2 nitrogen and oxygen atoms in total. The molecule has 132 valence electrons. The van der Waals surface area contributed by atoms with Crippen molar-refractivity contribution in [2.45, 2.75) is 33.0 Å². The summed E-state index contributed by atoms with van der Waals surface area (Å²) in [6, 6.07) is 3.18. The second-order valence-corrected chi connectivity index (χ2v) is 6.76. The average Bonchev–Trinajstić information content (AvgIpc) is 2.39. The Morgan fingerprint density at radius 3 is 2.13 bits per heavy atom. The van der Waals surface area contributed by atoms with Gasteiger partial charge < -0.3 is 5.32 Å². The molecule has 1 heterocycles. The van der Waals surface area contributed by atoms with E-state index < -0.39 is 23.6 Å². The van der Waals surface area contributed by atoms with E-state index in [1.54, 1.807) is 0 Å². The number of piperazine rings is 1. The van der Waals surface area contributed by atoms with Crippen molar-refractivity contribution in [2.24, 2.45) is 5.41 Å². The second kappa shape index (κ2) is 7.36. The van der Waals surface area contributed by atoms with Gasteiger partial charge in [-0.2, -0.15) is 13.2 Å². The van der Waals surface area contributed by atoms with E-state index in [-0.39, 0.29) is 23.4 Å². The van der Waals surface area contributed by atoms with Crippen molar-refractivity contribution in [3.63, 3.8) is 0 Å². The Morgan fingerprint density at radius 2 is 1.65 bits per heavy atom. The Labute approximate surface area is 140 Å². The first kappa shape index (κ1) is 20.2. The number of alkyl halides is 3. The quantitative estimate of drug-likeness (QED) is 0.798. The van der Waals surface area contributed by atoms with E-state index in [4.69, 9.17) is 0 Å². The zero-order valence-electron chi connectivity index (χ0n) is 13.5. The van der Waals surface area contributed by atoms with Gasteiger partial charge in [-0.3, -0.25) is 4.90 Å². The van der Waals surface area contributed by atoms with Crippen LogP contribution in [0.3, 0.4) is 0 Å². The highest BCUT2D eigenvalue weighted by Crippen LogP contribution is 2.42. The molecular weight excluding hydrogens is 332 g/mol. The Morgan fingerprint density at radius 1 is 1.09 bits per heavy atom. The Kier molecular flexibility index (Phi) is 6.47. The molecule has 23 heavy (non-hydrogen) atoms. The summed E-state index contributed by atoms with van der Waals surface area (Å²) in [5, 5.41) is 3.21. The topological polar surface area (TPSA) is 15.3 Å². The number of nitrogens with zero attached hydrogens (tertiary/aromatic N) is 1. The molecule has 0 saturated carbocycles. The van der Waals surface area contributed by atoms with Gasteiger partial charge in [0.2, 0.25) is 0 Å². The van der Waals surface area contributed by atoms with Crippen LogP contribution in [-0.2, 0) is 6.18 Å². The lowest BCUT2D eigenvalue weighted by Gasteiger charge is -2.42. The van der Waals surface area contributed by atoms with Crippen LogP contribution in [0.25, 0.3) is 0 Å². The highest BCUT2D eigenvalue weighted by Gasteiger charge is 2.39. The molecule has 1 saturated heterocycles. The van der Waals surface area contributed by atoms with Crippen LogP contribution in [0.1, 0.15) is 37.9 Å². The van der Waals surface area contributed by atoms with Crippen LogP contribution in [0.2, 0.25) is 0 Å². The van der Waals surface area contributed by atoms with Crippen LogP contribution < -0.4 is 5.32 Å². The number of hydrogen-bond donors (Lipinski definition) is 1. The molecule has 2 rings (SSSR count). The van der Waals surface area contributed by atoms with Crippen LogP contribution in [0, 0.1) is 11.2 Å². The van der Waals surface area contributed by atoms with Gasteiger partial charge in [-0.05, 0) is 11.5 Å². The highest BCUT2D eigenvalue weighted by molar-refractivity contribution is 5.85. The van der Waals surface area contributed by atoms with Gasteiger partial charge in [0.1, 0.15) is 5.82 Å². The highest BCUT2D eigenvalue weighted by atomic mass is 35.5. The normalized spacial score (nSPS) is 18.4. The van der Waals surface area contributed by atoms with Gasteiger partial charge in [0.25, 0.3) is 0 Å². The first-order valence-corrected chi connectivity index (χ1v) is 7.43. The van der Waals surface area contributed by atoms with Crippen molar-refractivity contribution in [3.8, 4) is 0 Å². The van der Waals surface area contributed by atoms with E-state index in [1.165, 1.54) is 12.1 Å². The third kappa shape index (κ3) is 4.58. The van der Waals surface area contributed by atoms with E-state index in [1.807, 2.05) is 20.8 Å². The molecule has 7 heteroatoms. The molecule has 0 radical (unpaired) electrons. The van der Waals surface area contributed by atoms with Crippen LogP contribution in [0.5, 0.6) is 0 Å².